The number of aromatic nitrogens is 2. The average Bonchev–Trinajstić information content (AvgIpc) is 2.81. The smallest absolute Gasteiger partial charge is 0.195 e. The lowest BCUT2D eigenvalue weighted by Gasteiger charge is -2.04. The Morgan fingerprint density at radius 3 is 2.25 bits per heavy atom. The van der Waals surface area contributed by atoms with Gasteiger partial charge in [0, 0.05) is 35.9 Å². The molecule has 0 aliphatic heterocycles. The van der Waals surface area contributed by atoms with E-state index in [2.05, 4.69) is 9.97 Å². The van der Waals surface area contributed by atoms with Crippen LogP contribution in [0.5, 0.6) is 0 Å². The van der Waals surface area contributed by atoms with Crippen molar-refractivity contribution in [3.63, 3.8) is 0 Å². The van der Waals surface area contributed by atoms with Crippen LogP contribution in [0.4, 0.5) is 0 Å². The van der Waals surface area contributed by atoms with Crippen molar-refractivity contribution in [3.05, 3.63) is 72.3 Å². The maximum Gasteiger partial charge on any atom is 0.195 e. The molecule has 94 valence electrons. The van der Waals surface area contributed by atoms with Crippen molar-refractivity contribution < 1.29 is 4.79 Å². The molecule has 0 radical (unpaired) electrons. The molecule has 2 aromatic heterocycles. The molecule has 1 aliphatic rings. The highest BCUT2D eigenvalue weighted by atomic mass is 16.1. The van der Waals surface area contributed by atoms with Gasteiger partial charge in [-0.15, -0.1) is 0 Å². The fourth-order valence-corrected chi connectivity index (χ4v) is 2.65. The molecule has 0 atom stereocenters. The summed E-state index contributed by atoms with van der Waals surface area (Å²) >= 11 is 0. The van der Waals surface area contributed by atoms with Crippen molar-refractivity contribution in [2.24, 2.45) is 0 Å². The van der Waals surface area contributed by atoms with Gasteiger partial charge in [-0.25, -0.2) is 0 Å². The number of carbonyl (C=O) groups is 1. The van der Waals surface area contributed by atoms with E-state index in [1.165, 1.54) is 0 Å². The standard InChI is InChI=1S/C17H10N2O/c20-17-15-9-12(11-3-6-18-7-4-11)1-2-13(15)14-5-8-19-10-16(14)17/h1-10H. The Hall–Kier alpha value is -2.81. The minimum absolute atomic E-state index is 0.0546. The second-order valence-corrected chi connectivity index (χ2v) is 4.75. The summed E-state index contributed by atoms with van der Waals surface area (Å²) < 4.78 is 0. The SMILES string of the molecule is O=C1c2cnccc2-c2ccc(-c3ccncc3)cc21. The number of nitrogens with zero attached hydrogens (tertiary/aromatic N) is 2. The maximum absolute atomic E-state index is 12.4. The van der Waals surface area contributed by atoms with Crippen molar-refractivity contribution in [1.29, 1.82) is 0 Å². The number of fused-ring (bicyclic) bond motifs is 3. The Kier molecular flexibility index (Phi) is 2.27. The second-order valence-electron chi connectivity index (χ2n) is 4.75. The van der Waals surface area contributed by atoms with Crippen LogP contribution in [-0.4, -0.2) is 15.8 Å². The van der Waals surface area contributed by atoms with Gasteiger partial charge >= 0.3 is 0 Å². The molecule has 2 heterocycles. The highest BCUT2D eigenvalue weighted by Gasteiger charge is 2.26. The molecule has 0 amide bonds. The monoisotopic (exact) mass is 258 g/mol. The fourth-order valence-electron chi connectivity index (χ4n) is 2.65. The van der Waals surface area contributed by atoms with Gasteiger partial charge in [-0.05, 0) is 46.5 Å². The second kappa shape index (κ2) is 4.10. The molecule has 1 aromatic carbocycles. The predicted molar refractivity (Wildman–Crippen MR) is 76.3 cm³/mol. The predicted octanol–water partition coefficient (Wildman–Crippen LogP) is 3.36. The average molecular weight is 258 g/mol. The summed E-state index contributed by atoms with van der Waals surface area (Å²) in [6.45, 7) is 0. The molecule has 0 fully saturated rings. The minimum Gasteiger partial charge on any atom is -0.289 e. The Bertz CT molecular complexity index is 825. The van der Waals surface area contributed by atoms with E-state index in [9.17, 15) is 4.79 Å². The zero-order chi connectivity index (χ0) is 13.5. The molecule has 0 N–H and O–H groups in total. The Labute approximate surface area is 116 Å². The Morgan fingerprint density at radius 2 is 1.40 bits per heavy atom. The third-order valence-electron chi connectivity index (χ3n) is 3.63. The molecular weight excluding hydrogens is 248 g/mol. The Morgan fingerprint density at radius 1 is 0.650 bits per heavy atom. The molecule has 4 rings (SSSR count). The number of benzene rings is 1. The molecule has 0 unspecified atom stereocenters. The highest BCUT2D eigenvalue weighted by molar-refractivity contribution is 6.21. The summed E-state index contributed by atoms with van der Waals surface area (Å²) in [5.74, 6) is 0.0546. The third kappa shape index (κ3) is 1.50. The zero-order valence-electron chi connectivity index (χ0n) is 10.6. The summed E-state index contributed by atoms with van der Waals surface area (Å²) in [6, 6.07) is 11.8. The molecule has 3 aromatic rings. The topological polar surface area (TPSA) is 42.9 Å². The number of hydrogen-bond acceptors (Lipinski definition) is 3. The van der Waals surface area contributed by atoms with E-state index in [0.29, 0.717) is 5.56 Å². The van der Waals surface area contributed by atoms with Crippen LogP contribution in [0.3, 0.4) is 0 Å². The molecule has 3 heteroatoms. The van der Waals surface area contributed by atoms with Gasteiger partial charge in [0.15, 0.2) is 5.78 Å². The molecule has 0 saturated heterocycles. The number of hydrogen-bond donors (Lipinski definition) is 0. The lowest BCUT2D eigenvalue weighted by Crippen LogP contribution is -1.95. The van der Waals surface area contributed by atoms with Crippen LogP contribution in [0, 0.1) is 0 Å². The van der Waals surface area contributed by atoms with E-state index < -0.39 is 0 Å². The van der Waals surface area contributed by atoms with Gasteiger partial charge in [0.25, 0.3) is 0 Å². The van der Waals surface area contributed by atoms with Crippen molar-refractivity contribution >= 4 is 5.78 Å². The minimum atomic E-state index is 0.0546. The van der Waals surface area contributed by atoms with Crippen molar-refractivity contribution in [1.82, 2.24) is 9.97 Å². The van der Waals surface area contributed by atoms with Gasteiger partial charge in [0.05, 0.1) is 0 Å². The van der Waals surface area contributed by atoms with Gasteiger partial charge < -0.3 is 0 Å². The molecule has 0 spiro atoms. The molecule has 0 bridgehead atoms. The summed E-state index contributed by atoms with van der Waals surface area (Å²) in [7, 11) is 0. The van der Waals surface area contributed by atoms with Crippen LogP contribution < -0.4 is 0 Å². The van der Waals surface area contributed by atoms with Crippen LogP contribution in [0.15, 0.2) is 61.2 Å². The summed E-state index contributed by atoms with van der Waals surface area (Å²) in [5.41, 5.74) is 5.49. The number of carbonyl (C=O) groups excluding carboxylic acids is 1. The van der Waals surface area contributed by atoms with Crippen molar-refractivity contribution in [2.75, 3.05) is 0 Å². The summed E-state index contributed by atoms with van der Waals surface area (Å²) in [4.78, 5) is 20.5. The molecule has 1 aliphatic carbocycles. The number of ketones is 1. The van der Waals surface area contributed by atoms with Gasteiger partial charge in [-0.3, -0.25) is 14.8 Å². The van der Waals surface area contributed by atoms with E-state index in [1.807, 2.05) is 36.4 Å². The van der Waals surface area contributed by atoms with Gasteiger partial charge in [-0.1, -0.05) is 12.1 Å². The Balaban J connectivity index is 1.91. The van der Waals surface area contributed by atoms with Crippen LogP contribution in [0.1, 0.15) is 15.9 Å². The normalized spacial score (nSPS) is 12.1. The van der Waals surface area contributed by atoms with Gasteiger partial charge in [-0.2, -0.15) is 0 Å². The van der Waals surface area contributed by atoms with Crippen LogP contribution in [0.2, 0.25) is 0 Å². The quantitative estimate of drug-likeness (QED) is 0.526. The van der Waals surface area contributed by atoms with Gasteiger partial charge in [0.1, 0.15) is 0 Å². The van der Waals surface area contributed by atoms with E-state index in [-0.39, 0.29) is 5.78 Å². The lowest BCUT2D eigenvalue weighted by molar-refractivity contribution is 0.104. The largest absolute Gasteiger partial charge is 0.289 e. The summed E-state index contributed by atoms with van der Waals surface area (Å²) in [5, 5.41) is 0. The molecule has 0 saturated carbocycles. The fraction of sp³-hybridized carbons (Fsp3) is 0. The zero-order valence-corrected chi connectivity index (χ0v) is 10.6. The maximum atomic E-state index is 12.4. The van der Waals surface area contributed by atoms with Crippen LogP contribution in [0.25, 0.3) is 22.3 Å². The van der Waals surface area contributed by atoms with E-state index >= 15 is 0 Å². The summed E-state index contributed by atoms with van der Waals surface area (Å²) in [6.07, 6.45) is 6.87. The highest BCUT2D eigenvalue weighted by Crippen LogP contribution is 2.37. The first-order valence-electron chi connectivity index (χ1n) is 6.38. The molecular formula is C17H10N2O. The van der Waals surface area contributed by atoms with E-state index in [4.69, 9.17) is 0 Å². The third-order valence-corrected chi connectivity index (χ3v) is 3.63. The lowest BCUT2D eigenvalue weighted by atomic mass is 10.00. The first-order chi connectivity index (χ1) is 9.84. The van der Waals surface area contributed by atoms with Crippen molar-refractivity contribution in [2.45, 2.75) is 0 Å². The van der Waals surface area contributed by atoms with Gasteiger partial charge in [0.2, 0.25) is 0 Å². The van der Waals surface area contributed by atoms with E-state index in [1.54, 1.807) is 24.8 Å². The van der Waals surface area contributed by atoms with E-state index in [0.717, 1.165) is 27.8 Å². The number of pyridine rings is 2. The van der Waals surface area contributed by atoms with Crippen LogP contribution in [-0.2, 0) is 0 Å². The van der Waals surface area contributed by atoms with Crippen LogP contribution >= 0.6 is 0 Å². The molecule has 20 heavy (non-hydrogen) atoms. The number of rotatable bonds is 1. The first kappa shape index (κ1) is 11.1. The van der Waals surface area contributed by atoms with Crippen molar-refractivity contribution in [3.8, 4) is 22.3 Å². The first-order valence-corrected chi connectivity index (χ1v) is 6.38. The molecule has 3 nitrogen and oxygen atoms in total.